The molecule has 20 heavy (non-hydrogen) atoms. The third-order valence-corrected chi connectivity index (χ3v) is 5.36. The molecule has 2 saturated heterocycles. The summed E-state index contributed by atoms with van der Waals surface area (Å²) >= 11 is 8.65. The quantitative estimate of drug-likeness (QED) is 0.828. The predicted octanol–water partition coefficient (Wildman–Crippen LogP) is 2.76. The van der Waals surface area contributed by atoms with Crippen LogP contribution in [0.1, 0.15) is 25.3 Å². The maximum absolute atomic E-state index is 5.72. The Bertz CT molecular complexity index is 534. The van der Waals surface area contributed by atoms with Gasteiger partial charge in [-0.05, 0) is 60.4 Å². The number of hydrogen-bond donors (Lipinski definition) is 1. The zero-order chi connectivity index (χ0) is 14.3. The minimum atomic E-state index is 0.442. The summed E-state index contributed by atoms with van der Waals surface area (Å²) in [5.74, 6) is 0. The number of rotatable bonds is 2. The SMILES string of the molecule is CC1CN2CCCC2CN1c1ccc(C(N)=S)c(Br)c1. The maximum Gasteiger partial charge on any atom is 0.105 e. The molecule has 2 N–H and O–H groups in total. The molecule has 5 heteroatoms. The number of anilines is 1. The topological polar surface area (TPSA) is 32.5 Å². The van der Waals surface area contributed by atoms with Crippen LogP contribution in [-0.2, 0) is 0 Å². The fraction of sp³-hybridized carbons (Fsp3) is 0.533. The fourth-order valence-corrected chi connectivity index (χ4v) is 4.32. The molecule has 2 unspecified atom stereocenters. The third-order valence-electron chi connectivity index (χ3n) is 4.49. The van der Waals surface area contributed by atoms with Crippen molar-refractivity contribution in [3.8, 4) is 0 Å². The molecule has 0 spiro atoms. The average molecular weight is 354 g/mol. The third kappa shape index (κ3) is 2.59. The van der Waals surface area contributed by atoms with E-state index in [0.717, 1.165) is 22.6 Å². The number of thiocarbonyl (C=S) groups is 1. The number of nitrogens with two attached hydrogens (primary N) is 1. The molecule has 2 atom stereocenters. The number of benzene rings is 1. The van der Waals surface area contributed by atoms with Crippen molar-refractivity contribution in [2.24, 2.45) is 5.73 Å². The smallest absolute Gasteiger partial charge is 0.105 e. The fourth-order valence-electron chi connectivity index (χ4n) is 3.43. The summed E-state index contributed by atoms with van der Waals surface area (Å²) in [6, 6.07) is 7.58. The first-order valence-electron chi connectivity index (χ1n) is 7.16. The Labute approximate surface area is 134 Å². The van der Waals surface area contributed by atoms with Crippen LogP contribution in [0.3, 0.4) is 0 Å². The van der Waals surface area contributed by atoms with Crippen LogP contribution in [0.5, 0.6) is 0 Å². The largest absolute Gasteiger partial charge is 0.389 e. The highest BCUT2D eigenvalue weighted by molar-refractivity contribution is 9.10. The van der Waals surface area contributed by atoms with E-state index in [1.54, 1.807) is 0 Å². The maximum atomic E-state index is 5.72. The molecule has 2 fully saturated rings. The van der Waals surface area contributed by atoms with E-state index in [1.807, 2.05) is 6.07 Å². The van der Waals surface area contributed by atoms with Crippen molar-refractivity contribution in [3.05, 3.63) is 28.2 Å². The summed E-state index contributed by atoms with van der Waals surface area (Å²) in [6.07, 6.45) is 2.67. The summed E-state index contributed by atoms with van der Waals surface area (Å²) in [5, 5.41) is 0. The van der Waals surface area contributed by atoms with Crippen LogP contribution in [0.25, 0.3) is 0 Å². The van der Waals surface area contributed by atoms with Crippen molar-refractivity contribution in [2.75, 3.05) is 24.5 Å². The molecule has 2 heterocycles. The van der Waals surface area contributed by atoms with Crippen LogP contribution >= 0.6 is 28.1 Å². The van der Waals surface area contributed by atoms with Gasteiger partial charge in [-0.1, -0.05) is 12.2 Å². The summed E-state index contributed by atoms with van der Waals surface area (Å²) < 4.78 is 0.989. The molecular weight excluding hydrogens is 334 g/mol. The zero-order valence-corrected chi connectivity index (χ0v) is 14.1. The molecule has 2 aliphatic heterocycles. The second kappa shape index (κ2) is 5.62. The summed E-state index contributed by atoms with van der Waals surface area (Å²) in [6.45, 7) is 5.87. The minimum Gasteiger partial charge on any atom is -0.389 e. The Kier molecular flexibility index (Phi) is 4.02. The van der Waals surface area contributed by atoms with Gasteiger partial charge in [0.2, 0.25) is 0 Å². The first-order valence-corrected chi connectivity index (χ1v) is 8.36. The molecule has 3 rings (SSSR count). The summed E-state index contributed by atoms with van der Waals surface area (Å²) in [7, 11) is 0. The molecule has 0 aliphatic carbocycles. The predicted molar refractivity (Wildman–Crippen MR) is 91.4 cm³/mol. The molecular formula is C15H20BrN3S. The first-order chi connectivity index (χ1) is 9.56. The molecule has 108 valence electrons. The van der Waals surface area contributed by atoms with Crippen LogP contribution in [0.15, 0.2) is 22.7 Å². The van der Waals surface area contributed by atoms with Gasteiger partial charge in [-0.3, -0.25) is 4.90 Å². The van der Waals surface area contributed by atoms with E-state index >= 15 is 0 Å². The van der Waals surface area contributed by atoms with Gasteiger partial charge >= 0.3 is 0 Å². The summed E-state index contributed by atoms with van der Waals surface area (Å²) in [4.78, 5) is 5.59. The molecule has 2 aliphatic rings. The Hall–Kier alpha value is -0.650. The van der Waals surface area contributed by atoms with Gasteiger partial charge in [0, 0.05) is 40.9 Å². The molecule has 3 nitrogen and oxygen atoms in total. The van der Waals surface area contributed by atoms with E-state index in [4.69, 9.17) is 18.0 Å². The van der Waals surface area contributed by atoms with Gasteiger partial charge in [-0.2, -0.15) is 0 Å². The van der Waals surface area contributed by atoms with E-state index in [2.05, 4.69) is 44.8 Å². The van der Waals surface area contributed by atoms with Gasteiger partial charge in [0.1, 0.15) is 4.99 Å². The van der Waals surface area contributed by atoms with Gasteiger partial charge < -0.3 is 10.6 Å². The Morgan fingerprint density at radius 2 is 2.20 bits per heavy atom. The highest BCUT2D eigenvalue weighted by Crippen LogP contribution is 2.31. The van der Waals surface area contributed by atoms with E-state index in [9.17, 15) is 0 Å². The molecule has 0 saturated carbocycles. The van der Waals surface area contributed by atoms with Crippen LogP contribution in [-0.4, -0.2) is 41.6 Å². The molecule has 0 amide bonds. The lowest BCUT2D eigenvalue weighted by molar-refractivity contribution is 0.203. The van der Waals surface area contributed by atoms with Crippen LogP contribution in [0.2, 0.25) is 0 Å². The van der Waals surface area contributed by atoms with Gasteiger partial charge in [-0.15, -0.1) is 0 Å². The minimum absolute atomic E-state index is 0.442. The monoisotopic (exact) mass is 353 g/mol. The molecule has 1 aromatic carbocycles. The second-order valence-electron chi connectivity index (χ2n) is 5.82. The highest BCUT2D eigenvalue weighted by atomic mass is 79.9. The second-order valence-corrected chi connectivity index (χ2v) is 7.11. The van der Waals surface area contributed by atoms with Crippen molar-refractivity contribution >= 4 is 38.8 Å². The zero-order valence-electron chi connectivity index (χ0n) is 11.7. The van der Waals surface area contributed by atoms with Gasteiger partial charge in [0.05, 0.1) is 0 Å². The number of fused-ring (bicyclic) bond motifs is 1. The number of piperazine rings is 1. The molecule has 0 bridgehead atoms. The van der Waals surface area contributed by atoms with Crippen molar-refractivity contribution in [1.82, 2.24) is 4.90 Å². The lowest BCUT2D eigenvalue weighted by atomic mass is 10.1. The van der Waals surface area contributed by atoms with Crippen molar-refractivity contribution in [1.29, 1.82) is 0 Å². The summed E-state index contributed by atoms with van der Waals surface area (Å²) in [5.41, 5.74) is 7.89. The van der Waals surface area contributed by atoms with E-state index in [-0.39, 0.29) is 0 Å². The lowest BCUT2D eigenvalue weighted by Crippen LogP contribution is -2.55. The normalized spacial score (nSPS) is 26.6. The van der Waals surface area contributed by atoms with Gasteiger partial charge in [-0.25, -0.2) is 0 Å². The number of hydrogen-bond acceptors (Lipinski definition) is 3. The van der Waals surface area contributed by atoms with Gasteiger partial charge in [0.15, 0.2) is 0 Å². The van der Waals surface area contributed by atoms with Crippen molar-refractivity contribution < 1.29 is 0 Å². The highest BCUT2D eigenvalue weighted by Gasteiger charge is 2.34. The molecule has 1 aromatic rings. The Balaban J connectivity index is 1.85. The lowest BCUT2D eigenvalue weighted by Gasteiger charge is -2.43. The first kappa shape index (κ1) is 14.3. The Morgan fingerprint density at radius 1 is 1.40 bits per heavy atom. The van der Waals surface area contributed by atoms with E-state index < -0.39 is 0 Å². The van der Waals surface area contributed by atoms with Crippen LogP contribution in [0, 0.1) is 0 Å². The molecule has 0 aromatic heterocycles. The van der Waals surface area contributed by atoms with E-state index in [0.29, 0.717) is 11.0 Å². The standard InChI is InChI=1S/C15H20BrN3S/c1-10-8-18-6-2-3-12(18)9-19(10)11-4-5-13(15(17)20)14(16)7-11/h4-5,7,10,12H,2-3,6,8-9H2,1H3,(H2,17,20). The number of nitrogens with zero attached hydrogens (tertiary/aromatic N) is 2. The van der Waals surface area contributed by atoms with Crippen molar-refractivity contribution in [3.63, 3.8) is 0 Å². The average Bonchev–Trinajstić information content (AvgIpc) is 2.84. The number of halogens is 1. The Morgan fingerprint density at radius 3 is 2.90 bits per heavy atom. The molecule has 0 radical (unpaired) electrons. The van der Waals surface area contributed by atoms with E-state index in [1.165, 1.54) is 31.6 Å². The van der Waals surface area contributed by atoms with Crippen molar-refractivity contribution in [2.45, 2.75) is 31.8 Å². The van der Waals surface area contributed by atoms with Crippen LogP contribution in [0.4, 0.5) is 5.69 Å². The van der Waals surface area contributed by atoms with Gasteiger partial charge in [0.25, 0.3) is 0 Å². The van der Waals surface area contributed by atoms with Crippen LogP contribution < -0.4 is 10.6 Å².